The smallest absolute Gasteiger partial charge is 0.192 e. The lowest BCUT2D eigenvalue weighted by molar-refractivity contribution is 0.602. The molecule has 0 aliphatic carbocycles. The molecule has 0 aliphatic heterocycles. The van der Waals surface area contributed by atoms with Gasteiger partial charge in [0.05, 0.1) is 17.5 Å². The molecule has 1 unspecified atom stereocenters. The van der Waals surface area contributed by atoms with Crippen LogP contribution in [0.15, 0.2) is 64.5 Å². The predicted molar refractivity (Wildman–Crippen MR) is 118 cm³/mol. The van der Waals surface area contributed by atoms with Crippen LogP contribution in [-0.2, 0) is 16.4 Å². The molecule has 0 spiro atoms. The monoisotopic (exact) mass is 487 g/mol. The van der Waals surface area contributed by atoms with E-state index in [4.69, 9.17) is 0 Å². The maximum atomic E-state index is 11.5. The lowest BCUT2D eigenvalue weighted by atomic mass is 10.1. The molecule has 5 nitrogen and oxygen atoms in total. The molecule has 0 aromatic heterocycles. The van der Waals surface area contributed by atoms with Crippen molar-refractivity contribution in [3.8, 4) is 0 Å². The molecule has 0 radical (unpaired) electrons. The maximum absolute atomic E-state index is 11.5. The van der Waals surface area contributed by atoms with Crippen LogP contribution in [0.3, 0.4) is 0 Å². The predicted octanol–water partition coefficient (Wildman–Crippen LogP) is 3.52. The summed E-state index contributed by atoms with van der Waals surface area (Å²) in [7, 11) is -3.17. The van der Waals surface area contributed by atoms with Gasteiger partial charge < -0.3 is 10.6 Å². The fourth-order valence-electron chi connectivity index (χ4n) is 2.36. The molecule has 142 valence electrons. The first-order valence-electron chi connectivity index (χ1n) is 8.29. The van der Waals surface area contributed by atoms with Crippen molar-refractivity contribution < 1.29 is 8.42 Å². The highest BCUT2D eigenvalue weighted by Gasteiger charge is 2.08. The standard InChI is InChI=1S/C19H25N3O2S.HI/c1-4-20-19(22-15(2)17-8-6-5-7-9-17)21-14-16-10-12-18(13-11-16)25(3,23)24;/h5-13,15H,4,14H2,1-3H3,(H2,20,21,22);1H. The van der Waals surface area contributed by atoms with Gasteiger partial charge in [0.1, 0.15) is 0 Å². The molecule has 26 heavy (non-hydrogen) atoms. The van der Waals surface area contributed by atoms with Crippen molar-refractivity contribution >= 4 is 39.8 Å². The molecular formula is C19H26IN3O2S. The molecule has 0 saturated heterocycles. The molecule has 2 aromatic carbocycles. The largest absolute Gasteiger partial charge is 0.357 e. The van der Waals surface area contributed by atoms with Crippen LogP contribution >= 0.6 is 24.0 Å². The molecule has 0 aliphatic rings. The number of halogens is 1. The second-order valence-electron chi connectivity index (χ2n) is 5.89. The van der Waals surface area contributed by atoms with Crippen LogP contribution in [0.5, 0.6) is 0 Å². The van der Waals surface area contributed by atoms with Gasteiger partial charge in [-0.1, -0.05) is 42.5 Å². The highest BCUT2D eigenvalue weighted by Crippen LogP contribution is 2.12. The van der Waals surface area contributed by atoms with Crippen LogP contribution in [0.4, 0.5) is 0 Å². The zero-order valence-electron chi connectivity index (χ0n) is 15.3. The molecule has 7 heteroatoms. The van der Waals surface area contributed by atoms with E-state index in [2.05, 4.69) is 34.7 Å². The Balaban J connectivity index is 0.00000338. The van der Waals surface area contributed by atoms with E-state index in [-0.39, 0.29) is 30.0 Å². The van der Waals surface area contributed by atoms with Crippen molar-refractivity contribution in [2.45, 2.75) is 31.3 Å². The first kappa shape index (κ1) is 22.4. The van der Waals surface area contributed by atoms with E-state index in [1.165, 1.54) is 11.8 Å². The molecule has 1 atom stereocenters. The fourth-order valence-corrected chi connectivity index (χ4v) is 2.99. The summed E-state index contributed by atoms with van der Waals surface area (Å²) in [6.45, 7) is 5.34. The Kier molecular flexibility index (Phi) is 9.07. The molecule has 2 rings (SSSR count). The molecule has 0 amide bonds. The van der Waals surface area contributed by atoms with Gasteiger partial charge in [0.15, 0.2) is 15.8 Å². The third-order valence-electron chi connectivity index (χ3n) is 3.77. The van der Waals surface area contributed by atoms with Gasteiger partial charge >= 0.3 is 0 Å². The second kappa shape index (κ2) is 10.5. The topological polar surface area (TPSA) is 70.6 Å². The van der Waals surface area contributed by atoms with E-state index in [0.717, 1.165) is 18.1 Å². The minimum absolute atomic E-state index is 0. The summed E-state index contributed by atoms with van der Waals surface area (Å²) in [6.07, 6.45) is 1.21. The molecule has 0 fully saturated rings. The van der Waals surface area contributed by atoms with Crippen molar-refractivity contribution in [1.29, 1.82) is 0 Å². The van der Waals surface area contributed by atoms with Crippen LogP contribution in [-0.4, -0.2) is 27.2 Å². The maximum Gasteiger partial charge on any atom is 0.192 e. The average molecular weight is 487 g/mol. The second-order valence-corrected chi connectivity index (χ2v) is 7.90. The van der Waals surface area contributed by atoms with Gasteiger partial charge in [-0.25, -0.2) is 13.4 Å². The number of rotatable bonds is 6. The van der Waals surface area contributed by atoms with E-state index in [1.54, 1.807) is 24.3 Å². The summed E-state index contributed by atoms with van der Waals surface area (Å²) in [4.78, 5) is 4.91. The normalized spacial score (nSPS) is 12.8. The Labute approximate surface area is 173 Å². The molecule has 0 heterocycles. The number of aliphatic imine (C=N–C) groups is 1. The van der Waals surface area contributed by atoms with E-state index in [1.807, 2.05) is 25.1 Å². The van der Waals surface area contributed by atoms with Gasteiger partial charge in [0, 0.05) is 12.8 Å². The summed E-state index contributed by atoms with van der Waals surface area (Å²) in [5, 5.41) is 6.62. The van der Waals surface area contributed by atoms with Crippen molar-refractivity contribution in [3.05, 3.63) is 65.7 Å². The summed E-state index contributed by atoms with van der Waals surface area (Å²) in [5.41, 5.74) is 2.14. The number of sulfone groups is 1. The van der Waals surface area contributed by atoms with Crippen molar-refractivity contribution in [2.24, 2.45) is 4.99 Å². The zero-order chi connectivity index (χ0) is 18.3. The van der Waals surface area contributed by atoms with Crippen molar-refractivity contribution in [3.63, 3.8) is 0 Å². The van der Waals surface area contributed by atoms with Gasteiger partial charge in [-0.3, -0.25) is 0 Å². The van der Waals surface area contributed by atoms with E-state index < -0.39 is 9.84 Å². The third-order valence-corrected chi connectivity index (χ3v) is 4.90. The Morgan fingerprint density at radius 2 is 1.69 bits per heavy atom. The average Bonchev–Trinajstić information content (AvgIpc) is 2.60. The highest BCUT2D eigenvalue weighted by atomic mass is 127. The first-order valence-corrected chi connectivity index (χ1v) is 10.2. The number of hydrogen-bond donors (Lipinski definition) is 2. The molecule has 0 saturated carbocycles. The summed E-state index contributed by atoms with van der Waals surface area (Å²) in [6, 6.07) is 17.1. The van der Waals surface area contributed by atoms with E-state index >= 15 is 0 Å². The first-order chi connectivity index (χ1) is 11.9. The number of guanidine groups is 1. The third kappa shape index (κ3) is 6.95. The fraction of sp³-hybridized carbons (Fsp3) is 0.316. The lowest BCUT2D eigenvalue weighted by Crippen LogP contribution is -2.38. The molecule has 2 N–H and O–H groups in total. The zero-order valence-corrected chi connectivity index (χ0v) is 18.4. The Hall–Kier alpha value is -1.61. The van der Waals surface area contributed by atoms with Crippen molar-refractivity contribution in [2.75, 3.05) is 12.8 Å². The van der Waals surface area contributed by atoms with Crippen LogP contribution < -0.4 is 10.6 Å². The summed E-state index contributed by atoms with van der Waals surface area (Å²) < 4.78 is 23.0. The van der Waals surface area contributed by atoms with Crippen LogP contribution in [0.2, 0.25) is 0 Å². The number of hydrogen-bond acceptors (Lipinski definition) is 3. The van der Waals surface area contributed by atoms with Crippen LogP contribution in [0, 0.1) is 0 Å². The van der Waals surface area contributed by atoms with E-state index in [9.17, 15) is 8.42 Å². The van der Waals surface area contributed by atoms with Crippen LogP contribution in [0.1, 0.15) is 31.0 Å². The van der Waals surface area contributed by atoms with Crippen molar-refractivity contribution in [1.82, 2.24) is 10.6 Å². The minimum Gasteiger partial charge on any atom is -0.357 e. The van der Waals surface area contributed by atoms with Gasteiger partial charge in [0.25, 0.3) is 0 Å². The SMILES string of the molecule is CCNC(=NCc1ccc(S(C)(=O)=O)cc1)NC(C)c1ccccc1.I. The van der Waals surface area contributed by atoms with E-state index in [0.29, 0.717) is 11.4 Å². The van der Waals surface area contributed by atoms with Crippen LogP contribution in [0.25, 0.3) is 0 Å². The minimum atomic E-state index is -3.17. The summed E-state index contributed by atoms with van der Waals surface area (Å²) in [5.74, 6) is 0.728. The molecular weight excluding hydrogens is 461 g/mol. The Bertz CT molecular complexity index is 806. The highest BCUT2D eigenvalue weighted by molar-refractivity contribution is 14.0. The van der Waals surface area contributed by atoms with Gasteiger partial charge in [-0.2, -0.15) is 0 Å². The number of nitrogens with one attached hydrogen (secondary N) is 2. The van der Waals surface area contributed by atoms with Gasteiger partial charge in [-0.05, 0) is 37.1 Å². The molecule has 0 bridgehead atoms. The summed E-state index contributed by atoms with van der Waals surface area (Å²) >= 11 is 0. The quantitative estimate of drug-likeness (QED) is 0.372. The lowest BCUT2D eigenvalue weighted by Gasteiger charge is -2.18. The Morgan fingerprint density at radius 3 is 2.23 bits per heavy atom. The van der Waals surface area contributed by atoms with Gasteiger partial charge in [0.2, 0.25) is 0 Å². The number of nitrogens with zero attached hydrogens (tertiary/aromatic N) is 1. The molecule has 2 aromatic rings. The van der Waals surface area contributed by atoms with Gasteiger partial charge in [-0.15, -0.1) is 24.0 Å². The Morgan fingerprint density at radius 1 is 1.08 bits per heavy atom. The number of benzene rings is 2.